The zero-order valence-electron chi connectivity index (χ0n) is 6.28. The highest BCUT2D eigenvalue weighted by atomic mass is 16.3. The third-order valence-corrected chi connectivity index (χ3v) is 1.27. The fraction of sp³-hybridized carbons (Fsp3) is 0.429. The first kappa shape index (κ1) is 8.10. The fourth-order valence-corrected chi connectivity index (χ4v) is 0.860. The molecule has 1 rings (SSSR count). The van der Waals surface area contributed by atoms with E-state index in [0.29, 0.717) is 17.2 Å². The van der Waals surface area contributed by atoms with Crippen molar-refractivity contribution in [3.8, 4) is 0 Å². The van der Waals surface area contributed by atoms with Crippen LogP contribution in [0.2, 0.25) is 0 Å². The van der Waals surface area contributed by atoms with Crippen molar-refractivity contribution in [2.75, 3.05) is 0 Å². The molecule has 0 unspecified atom stereocenters. The van der Waals surface area contributed by atoms with Crippen LogP contribution in [0.15, 0.2) is 6.07 Å². The van der Waals surface area contributed by atoms with E-state index in [1.807, 2.05) is 0 Å². The SMILES string of the molecule is Cc1nc(CO)cc(CO)n1. The van der Waals surface area contributed by atoms with Gasteiger partial charge in [0.2, 0.25) is 0 Å². The van der Waals surface area contributed by atoms with E-state index in [-0.39, 0.29) is 13.2 Å². The molecule has 2 N–H and O–H groups in total. The maximum atomic E-state index is 8.71. The quantitative estimate of drug-likeness (QED) is 0.617. The molecule has 4 heteroatoms. The van der Waals surface area contributed by atoms with Gasteiger partial charge in [0.25, 0.3) is 0 Å². The van der Waals surface area contributed by atoms with Gasteiger partial charge >= 0.3 is 0 Å². The lowest BCUT2D eigenvalue weighted by Gasteiger charge is -2.00. The van der Waals surface area contributed by atoms with Crippen LogP contribution in [0.5, 0.6) is 0 Å². The van der Waals surface area contributed by atoms with Gasteiger partial charge in [-0.1, -0.05) is 0 Å². The molecule has 0 bridgehead atoms. The van der Waals surface area contributed by atoms with Gasteiger partial charge in [0.05, 0.1) is 24.6 Å². The molecule has 0 spiro atoms. The Morgan fingerprint density at radius 3 is 2.00 bits per heavy atom. The molecule has 1 heterocycles. The Hall–Kier alpha value is -1.00. The third kappa shape index (κ3) is 1.96. The molecule has 4 nitrogen and oxygen atoms in total. The molecular formula is C7H10N2O2. The molecule has 0 fully saturated rings. The molecule has 0 saturated heterocycles. The van der Waals surface area contributed by atoms with Crippen LogP contribution in [0, 0.1) is 6.92 Å². The maximum absolute atomic E-state index is 8.71. The molecule has 0 atom stereocenters. The summed E-state index contributed by atoms with van der Waals surface area (Å²) >= 11 is 0. The number of aliphatic hydroxyl groups excluding tert-OH is 2. The van der Waals surface area contributed by atoms with E-state index < -0.39 is 0 Å². The number of rotatable bonds is 2. The highest BCUT2D eigenvalue weighted by Crippen LogP contribution is 2.00. The van der Waals surface area contributed by atoms with E-state index >= 15 is 0 Å². The third-order valence-electron chi connectivity index (χ3n) is 1.27. The second kappa shape index (κ2) is 3.41. The van der Waals surface area contributed by atoms with Crippen molar-refractivity contribution < 1.29 is 10.2 Å². The van der Waals surface area contributed by atoms with E-state index in [2.05, 4.69) is 9.97 Å². The van der Waals surface area contributed by atoms with Crippen molar-refractivity contribution in [1.82, 2.24) is 9.97 Å². The summed E-state index contributed by atoms with van der Waals surface area (Å²) in [5, 5.41) is 17.4. The van der Waals surface area contributed by atoms with Crippen LogP contribution in [-0.4, -0.2) is 20.2 Å². The highest BCUT2D eigenvalue weighted by molar-refractivity contribution is 5.09. The van der Waals surface area contributed by atoms with E-state index in [1.165, 1.54) is 0 Å². The minimum absolute atomic E-state index is 0.115. The second-order valence-electron chi connectivity index (χ2n) is 2.21. The molecule has 60 valence electrons. The van der Waals surface area contributed by atoms with Crippen molar-refractivity contribution in [3.05, 3.63) is 23.3 Å². The summed E-state index contributed by atoms with van der Waals surface area (Å²) in [7, 11) is 0. The summed E-state index contributed by atoms with van der Waals surface area (Å²) < 4.78 is 0. The lowest BCUT2D eigenvalue weighted by Crippen LogP contribution is -1.99. The van der Waals surface area contributed by atoms with Crippen molar-refractivity contribution in [1.29, 1.82) is 0 Å². The molecule has 0 aliphatic carbocycles. The van der Waals surface area contributed by atoms with Crippen LogP contribution in [0.4, 0.5) is 0 Å². The van der Waals surface area contributed by atoms with Crippen LogP contribution >= 0.6 is 0 Å². The molecule has 1 aromatic heterocycles. The average molecular weight is 154 g/mol. The van der Waals surface area contributed by atoms with Crippen LogP contribution < -0.4 is 0 Å². The smallest absolute Gasteiger partial charge is 0.125 e. The summed E-state index contributed by atoms with van der Waals surface area (Å²) in [6, 6.07) is 1.58. The first-order valence-electron chi connectivity index (χ1n) is 3.31. The fourth-order valence-electron chi connectivity index (χ4n) is 0.860. The van der Waals surface area contributed by atoms with Crippen LogP contribution in [0.25, 0.3) is 0 Å². The van der Waals surface area contributed by atoms with E-state index in [0.717, 1.165) is 0 Å². The lowest BCUT2D eigenvalue weighted by molar-refractivity contribution is 0.267. The number of aromatic nitrogens is 2. The summed E-state index contributed by atoms with van der Waals surface area (Å²) in [5.41, 5.74) is 1.09. The van der Waals surface area contributed by atoms with Gasteiger partial charge in [-0.15, -0.1) is 0 Å². The average Bonchev–Trinajstić information content (AvgIpc) is 2.03. The standard InChI is InChI=1S/C7H10N2O2/c1-5-8-6(3-10)2-7(4-11)9-5/h2,10-11H,3-4H2,1H3. The zero-order chi connectivity index (χ0) is 8.27. The maximum Gasteiger partial charge on any atom is 0.125 e. The van der Waals surface area contributed by atoms with Gasteiger partial charge in [-0.3, -0.25) is 0 Å². The first-order chi connectivity index (χ1) is 5.26. The van der Waals surface area contributed by atoms with Gasteiger partial charge in [-0.2, -0.15) is 0 Å². The van der Waals surface area contributed by atoms with Gasteiger partial charge in [-0.25, -0.2) is 9.97 Å². The van der Waals surface area contributed by atoms with Crippen molar-refractivity contribution in [2.45, 2.75) is 20.1 Å². The number of nitrogens with zero attached hydrogens (tertiary/aromatic N) is 2. The minimum atomic E-state index is -0.115. The molecule has 0 aromatic carbocycles. The van der Waals surface area contributed by atoms with Crippen molar-refractivity contribution in [2.24, 2.45) is 0 Å². The van der Waals surface area contributed by atoms with E-state index in [4.69, 9.17) is 10.2 Å². The minimum Gasteiger partial charge on any atom is -0.390 e. The number of hydrogen-bond acceptors (Lipinski definition) is 4. The Kier molecular flexibility index (Phi) is 2.51. The Morgan fingerprint density at radius 2 is 1.64 bits per heavy atom. The molecule has 0 aliphatic rings. The summed E-state index contributed by atoms with van der Waals surface area (Å²) in [5.74, 6) is 0.570. The highest BCUT2D eigenvalue weighted by Gasteiger charge is 1.98. The van der Waals surface area contributed by atoms with Crippen LogP contribution in [0.1, 0.15) is 17.2 Å². The van der Waals surface area contributed by atoms with Gasteiger partial charge < -0.3 is 10.2 Å². The monoisotopic (exact) mass is 154 g/mol. The normalized spacial score (nSPS) is 10.1. The predicted octanol–water partition coefficient (Wildman–Crippen LogP) is -0.230. The Bertz CT molecular complexity index is 228. The molecule has 11 heavy (non-hydrogen) atoms. The zero-order valence-corrected chi connectivity index (χ0v) is 6.28. The Labute approximate surface area is 64.6 Å². The van der Waals surface area contributed by atoms with Gasteiger partial charge in [0, 0.05) is 0 Å². The Morgan fingerprint density at radius 1 is 1.18 bits per heavy atom. The molecule has 1 aromatic rings. The van der Waals surface area contributed by atoms with Gasteiger partial charge in [-0.05, 0) is 13.0 Å². The summed E-state index contributed by atoms with van der Waals surface area (Å²) in [6.07, 6.45) is 0. The van der Waals surface area contributed by atoms with Crippen molar-refractivity contribution in [3.63, 3.8) is 0 Å². The predicted molar refractivity (Wildman–Crippen MR) is 38.6 cm³/mol. The molecule has 0 saturated carbocycles. The summed E-state index contributed by atoms with van der Waals surface area (Å²) in [6.45, 7) is 1.49. The topological polar surface area (TPSA) is 66.2 Å². The molecule has 0 radical (unpaired) electrons. The number of hydrogen-bond donors (Lipinski definition) is 2. The Balaban J connectivity index is 3.02. The largest absolute Gasteiger partial charge is 0.390 e. The molecule has 0 amide bonds. The van der Waals surface area contributed by atoms with E-state index in [9.17, 15) is 0 Å². The van der Waals surface area contributed by atoms with Crippen molar-refractivity contribution >= 4 is 0 Å². The van der Waals surface area contributed by atoms with Gasteiger partial charge in [0.15, 0.2) is 0 Å². The van der Waals surface area contributed by atoms with E-state index in [1.54, 1.807) is 13.0 Å². The number of aryl methyl sites for hydroxylation is 1. The second-order valence-corrected chi connectivity index (χ2v) is 2.21. The summed E-state index contributed by atoms with van der Waals surface area (Å²) in [4.78, 5) is 7.86. The first-order valence-corrected chi connectivity index (χ1v) is 3.31. The number of aliphatic hydroxyl groups is 2. The van der Waals surface area contributed by atoms with Gasteiger partial charge in [0.1, 0.15) is 5.82 Å². The van der Waals surface area contributed by atoms with Crippen LogP contribution in [0.3, 0.4) is 0 Å². The van der Waals surface area contributed by atoms with Crippen LogP contribution in [-0.2, 0) is 13.2 Å². The molecule has 0 aliphatic heterocycles. The lowest BCUT2D eigenvalue weighted by atomic mass is 10.3. The molecular weight excluding hydrogens is 144 g/mol.